The van der Waals surface area contributed by atoms with E-state index in [9.17, 15) is 0 Å². The summed E-state index contributed by atoms with van der Waals surface area (Å²) in [6.45, 7) is 6.59. The molecule has 0 atom stereocenters. The smallest absolute Gasteiger partial charge is 0.233 e. The molecule has 0 spiro atoms. The second-order valence-corrected chi connectivity index (χ2v) is 4.90. The lowest BCUT2D eigenvalue weighted by molar-refractivity contribution is -0.495. The molecule has 14 heavy (non-hydrogen) atoms. The van der Waals surface area contributed by atoms with Crippen molar-refractivity contribution in [3.05, 3.63) is 0 Å². The lowest BCUT2D eigenvalue weighted by atomic mass is 9.67. The van der Waals surface area contributed by atoms with E-state index in [-0.39, 0.29) is 5.41 Å². The summed E-state index contributed by atoms with van der Waals surface area (Å²) in [5.74, 6) is -0.605. The first-order valence-corrected chi connectivity index (χ1v) is 5.13. The third-order valence-electron chi connectivity index (χ3n) is 3.88. The van der Waals surface area contributed by atoms with Crippen LogP contribution in [0.3, 0.4) is 0 Å². The molecule has 0 amide bonds. The molecule has 1 saturated carbocycles. The zero-order valence-corrected chi connectivity index (χ0v) is 9.12. The van der Waals surface area contributed by atoms with E-state index in [0.717, 1.165) is 12.8 Å². The Labute approximate surface area is 84.7 Å². The van der Waals surface area contributed by atoms with E-state index in [2.05, 4.69) is 30.5 Å². The van der Waals surface area contributed by atoms with Gasteiger partial charge in [0, 0.05) is 12.8 Å². The Morgan fingerprint density at radius 3 is 1.71 bits per heavy atom. The van der Waals surface area contributed by atoms with Gasteiger partial charge in [-0.25, -0.2) is 20.3 Å². The lowest BCUT2D eigenvalue weighted by Gasteiger charge is -2.43. The maximum atomic E-state index is 8.67. The second kappa shape index (κ2) is 4.14. The molecular weight excluding hydrogens is 184 g/mol. The summed E-state index contributed by atoms with van der Waals surface area (Å²) in [5.41, 5.74) is 0.251. The zero-order valence-electron chi connectivity index (χ0n) is 9.12. The fourth-order valence-corrected chi connectivity index (χ4v) is 1.98. The van der Waals surface area contributed by atoms with Gasteiger partial charge in [-0.2, -0.15) is 0 Å². The summed E-state index contributed by atoms with van der Waals surface area (Å²) in [5, 5.41) is 17.3. The van der Waals surface area contributed by atoms with Gasteiger partial charge in [-0.1, -0.05) is 20.8 Å². The number of rotatable bonds is 3. The van der Waals surface area contributed by atoms with E-state index in [1.165, 1.54) is 0 Å². The van der Waals surface area contributed by atoms with E-state index >= 15 is 0 Å². The summed E-state index contributed by atoms with van der Waals surface area (Å²) >= 11 is 0. The van der Waals surface area contributed by atoms with Gasteiger partial charge in [-0.15, -0.1) is 0 Å². The van der Waals surface area contributed by atoms with Gasteiger partial charge >= 0.3 is 0 Å². The minimum Gasteiger partial charge on any atom is -0.249 e. The average Bonchev–Trinajstić information content (AvgIpc) is 2.20. The predicted octanol–water partition coefficient (Wildman–Crippen LogP) is 2.90. The van der Waals surface area contributed by atoms with Crippen molar-refractivity contribution in [2.45, 2.75) is 52.2 Å². The molecule has 1 aliphatic rings. The van der Waals surface area contributed by atoms with Gasteiger partial charge < -0.3 is 0 Å². The van der Waals surface area contributed by atoms with Crippen LogP contribution in [0, 0.1) is 11.3 Å². The van der Waals surface area contributed by atoms with E-state index in [1.54, 1.807) is 0 Å². The maximum absolute atomic E-state index is 8.67. The Morgan fingerprint density at radius 2 is 1.43 bits per heavy atom. The van der Waals surface area contributed by atoms with Crippen LogP contribution in [0.2, 0.25) is 0 Å². The molecule has 1 aliphatic carbocycles. The van der Waals surface area contributed by atoms with Crippen molar-refractivity contribution in [1.29, 1.82) is 0 Å². The Hall–Kier alpha value is -0.160. The molecule has 0 radical (unpaired) electrons. The van der Waals surface area contributed by atoms with Crippen LogP contribution < -0.4 is 0 Å². The molecule has 0 heterocycles. The lowest BCUT2D eigenvalue weighted by Crippen LogP contribution is -2.43. The van der Waals surface area contributed by atoms with Gasteiger partial charge in [-0.05, 0) is 24.2 Å². The average molecular weight is 204 g/mol. The van der Waals surface area contributed by atoms with Gasteiger partial charge in [0.1, 0.15) is 0 Å². The number of hydrogen-bond acceptors (Lipinski definition) is 4. The van der Waals surface area contributed by atoms with Crippen molar-refractivity contribution >= 4 is 0 Å². The summed E-state index contributed by atoms with van der Waals surface area (Å²) in [6.07, 6.45) is 2.81. The fourth-order valence-electron chi connectivity index (χ4n) is 1.98. The molecule has 0 saturated heterocycles. The van der Waals surface area contributed by atoms with E-state index < -0.39 is 5.79 Å². The molecule has 4 heteroatoms. The summed E-state index contributed by atoms with van der Waals surface area (Å²) in [7, 11) is 0. The molecule has 0 aromatic carbocycles. The Balaban J connectivity index is 2.60. The van der Waals surface area contributed by atoms with Crippen LogP contribution in [-0.4, -0.2) is 16.3 Å². The van der Waals surface area contributed by atoms with Crippen LogP contribution in [0.25, 0.3) is 0 Å². The molecule has 4 nitrogen and oxygen atoms in total. The standard InChI is InChI=1S/C10H20O4/c1-8(2)9(3)4-6-10(13-11,14-12)7-5-9/h8,11-12H,4-7H2,1-3H3. The van der Waals surface area contributed by atoms with Crippen LogP contribution in [0.5, 0.6) is 0 Å². The van der Waals surface area contributed by atoms with Crippen LogP contribution in [0.4, 0.5) is 0 Å². The van der Waals surface area contributed by atoms with Crippen LogP contribution in [0.1, 0.15) is 46.5 Å². The first kappa shape index (κ1) is 11.9. The van der Waals surface area contributed by atoms with E-state index in [0.29, 0.717) is 18.8 Å². The predicted molar refractivity (Wildman–Crippen MR) is 51.6 cm³/mol. The highest BCUT2D eigenvalue weighted by molar-refractivity contribution is 4.87. The molecule has 1 rings (SSSR count). The summed E-state index contributed by atoms with van der Waals surface area (Å²) in [4.78, 5) is 8.46. The normalized spacial score (nSPS) is 25.3. The highest BCUT2D eigenvalue weighted by Crippen LogP contribution is 2.46. The quantitative estimate of drug-likeness (QED) is 0.421. The minimum atomic E-state index is -1.19. The molecule has 0 aromatic rings. The highest BCUT2D eigenvalue weighted by Gasteiger charge is 2.44. The van der Waals surface area contributed by atoms with Crippen molar-refractivity contribution in [2.24, 2.45) is 11.3 Å². The molecule has 0 aromatic heterocycles. The zero-order chi connectivity index (χ0) is 10.8. The highest BCUT2D eigenvalue weighted by atomic mass is 17.2. The fraction of sp³-hybridized carbons (Fsp3) is 1.00. The summed E-state index contributed by atoms with van der Waals surface area (Å²) in [6, 6.07) is 0. The van der Waals surface area contributed by atoms with Crippen LogP contribution in [-0.2, 0) is 9.78 Å². The van der Waals surface area contributed by atoms with Crippen molar-refractivity contribution in [2.75, 3.05) is 0 Å². The Bertz CT molecular complexity index is 171. The van der Waals surface area contributed by atoms with E-state index in [4.69, 9.17) is 10.5 Å². The van der Waals surface area contributed by atoms with Gasteiger partial charge in [0.15, 0.2) is 0 Å². The van der Waals surface area contributed by atoms with Crippen LogP contribution >= 0.6 is 0 Å². The maximum Gasteiger partial charge on any atom is 0.233 e. The van der Waals surface area contributed by atoms with Crippen molar-refractivity contribution < 1.29 is 20.3 Å². The third kappa shape index (κ3) is 2.08. The summed E-state index contributed by atoms with van der Waals surface area (Å²) < 4.78 is 0. The topological polar surface area (TPSA) is 58.9 Å². The Morgan fingerprint density at radius 1 is 1.00 bits per heavy atom. The monoisotopic (exact) mass is 204 g/mol. The number of hydrogen-bond donors (Lipinski definition) is 2. The molecule has 2 N–H and O–H groups in total. The SMILES string of the molecule is CC(C)C1(C)CCC(OO)(OO)CC1. The molecule has 1 fully saturated rings. The van der Waals surface area contributed by atoms with Gasteiger partial charge in [0.2, 0.25) is 5.79 Å². The largest absolute Gasteiger partial charge is 0.249 e. The van der Waals surface area contributed by atoms with Gasteiger partial charge in [0.05, 0.1) is 0 Å². The molecular formula is C10H20O4. The van der Waals surface area contributed by atoms with Crippen molar-refractivity contribution in [3.8, 4) is 0 Å². The molecule has 0 unspecified atom stereocenters. The molecule has 0 bridgehead atoms. The minimum absolute atomic E-state index is 0.251. The Kier molecular flexibility index (Phi) is 3.53. The second-order valence-electron chi connectivity index (χ2n) is 4.90. The van der Waals surface area contributed by atoms with Gasteiger partial charge in [-0.3, -0.25) is 0 Å². The van der Waals surface area contributed by atoms with E-state index in [1.807, 2.05) is 0 Å². The first-order chi connectivity index (χ1) is 6.48. The van der Waals surface area contributed by atoms with Crippen molar-refractivity contribution in [3.63, 3.8) is 0 Å². The molecule has 0 aliphatic heterocycles. The first-order valence-electron chi connectivity index (χ1n) is 5.13. The third-order valence-corrected chi connectivity index (χ3v) is 3.88. The molecule has 84 valence electrons. The van der Waals surface area contributed by atoms with Crippen LogP contribution in [0.15, 0.2) is 0 Å². The van der Waals surface area contributed by atoms with Crippen molar-refractivity contribution in [1.82, 2.24) is 0 Å². The van der Waals surface area contributed by atoms with Gasteiger partial charge in [0.25, 0.3) is 0 Å².